The van der Waals surface area contributed by atoms with Gasteiger partial charge < -0.3 is 0 Å². The molecule has 0 aliphatic heterocycles. The second-order valence-corrected chi connectivity index (χ2v) is 8.10. The van der Waals surface area contributed by atoms with E-state index in [1.807, 2.05) is 12.1 Å². The third kappa shape index (κ3) is 8.88. The van der Waals surface area contributed by atoms with Gasteiger partial charge in [-0.25, -0.2) is 9.78 Å². The lowest BCUT2D eigenvalue weighted by atomic mass is 9.95. The van der Waals surface area contributed by atoms with Crippen molar-refractivity contribution in [3.8, 4) is 0 Å². The van der Waals surface area contributed by atoms with E-state index in [1.165, 1.54) is 11.1 Å². The topological polar surface area (TPSA) is 27.7 Å². The van der Waals surface area contributed by atoms with E-state index < -0.39 is 0 Å². The number of hydrogen-bond donors (Lipinski definition) is 0. The first-order chi connectivity index (χ1) is 13.3. The van der Waals surface area contributed by atoms with Crippen LogP contribution in [0.5, 0.6) is 0 Å². The second-order valence-electron chi connectivity index (χ2n) is 6.51. The molecule has 0 spiro atoms. The Labute approximate surface area is 179 Å². The lowest BCUT2D eigenvalue weighted by molar-refractivity contribution is -0.514. The van der Waals surface area contributed by atoms with Gasteiger partial charge in [0.1, 0.15) is 0 Å². The van der Waals surface area contributed by atoms with Crippen LogP contribution in [0.3, 0.4) is 0 Å². The van der Waals surface area contributed by atoms with Crippen LogP contribution in [-0.2, 0) is 14.8 Å². The largest absolute Gasteiger partial charge is 0.206 e. The molecule has 5 heteroatoms. The van der Waals surface area contributed by atoms with Crippen molar-refractivity contribution in [2.75, 3.05) is 23.9 Å². The van der Waals surface area contributed by atoms with E-state index in [0.717, 1.165) is 36.3 Å². The highest BCUT2D eigenvalue weighted by Gasteiger charge is 2.14. The first-order valence-corrected chi connectivity index (χ1v) is 11.7. The molecular weight excluding hydrogens is 472 g/mol. The lowest BCUT2D eigenvalue weighted by Gasteiger charge is -2.18. The number of halogens is 2. The van der Waals surface area contributed by atoms with E-state index in [-0.39, 0.29) is 0 Å². The zero-order valence-corrected chi connectivity index (χ0v) is 18.7. The molecule has 0 bridgehead atoms. The van der Waals surface area contributed by atoms with Crippen LogP contribution in [0.4, 0.5) is 0 Å². The van der Waals surface area contributed by atoms with E-state index >= 15 is 0 Å². The summed E-state index contributed by atoms with van der Waals surface area (Å²) < 4.78 is 0. The summed E-state index contributed by atoms with van der Waals surface area (Å²) in [6.45, 7) is 0.961. The van der Waals surface area contributed by atoms with E-state index in [0.29, 0.717) is 25.0 Å². The van der Waals surface area contributed by atoms with E-state index in [4.69, 9.17) is 14.8 Å². The van der Waals surface area contributed by atoms with Gasteiger partial charge in [0.25, 0.3) is 0 Å². The van der Waals surface area contributed by atoms with Gasteiger partial charge in [-0.3, -0.25) is 0 Å². The van der Waals surface area contributed by atoms with Gasteiger partial charge in [0.05, 0.1) is 13.2 Å². The zero-order valence-electron chi connectivity index (χ0n) is 15.6. The summed E-state index contributed by atoms with van der Waals surface area (Å²) in [4.78, 5) is 10.8. The number of hydrogen-bond acceptors (Lipinski definition) is 3. The molecule has 2 aromatic rings. The Morgan fingerprint density at radius 2 is 1.04 bits per heavy atom. The van der Waals surface area contributed by atoms with Crippen molar-refractivity contribution in [3.63, 3.8) is 0 Å². The van der Waals surface area contributed by atoms with E-state index in [1.54, 1.807) is 0 Å². The third-order valence-electron chi connectivity index (χ3n) is 4.55. The molecule has 0 radical (unpaired) electrons. The maximum absolute atomic E-state index is 5.39. The molecule has 0 N–H and O–H groups in total. The summed E-state index contributed by atoms with van der Waals surface area (Å²) in [5, 5.41) is 7.05. The quantitative estimate of drug-likeness (QED) is 0.124. The minimum Gasteiger partial charge on any atom is -0.206 e. The summed E-state index contributed by atoms with van der Waals surface area (Å²) in [5.74, 6) is 0.594. The second kappa shape index (κ2) is 14.3. The first-order valence-electron chi connectivity index (χ1n) is 9.48. The third-order valence-corrected chi connectivity index (χ3v) is 5.67. The number of benzene rings is 2. The molecule has 0 fully saturated rings. The molecule has 27 heavy (non-hydrogen) atoms. The van der Waals surface area contributed by atoms with Gasteiger partial charge in [-0.2, -0.15) is 0 Å². The first kappa shape index (κ1) is 22.6. The lowest BCUT2D eigenvalue weighted by Crippen LogP contribution is -2.12. The van der Waals surface area contributed by atoms with Crippen molar-refractivity contribution in [2.24, 2.45) is 0 Å². The Balaban J connectivity index is 1.77. The molecule has 0 aliphatic carbocycles. The summed E-state index contributed by atoms with van der Waals surface area (Å²) in [6.07, 6.45) is 4.26. The van der Waals surface area contributed by atoms with Gasteiger partial charge in [-0.05, 0) is 36.8 Å². The Morgan fingerprint density at radius 3 is 1.41 bits per heavy atom. The van der Waals surface area contributed by atoms with Crippen LogP contribution in [0.15, 0.2) is 60.7 Å². The average molecular weight is 500 g/mol. The normalized spacial score (nSPS) is 13.4. The minimum absolute atomic E-state index is 0.297. The molecule has 0 saturated heterocycles. The Bertz CT molecular complexity index is 542. The number of rotatable bonds is 14. The standard InChI is InChI=1S/C22H28Br2O3/c23-15-7-13-21(19-9-3-1-4-10-19)17-25-27-26-18-22(14-8-16-24)20-11-5-2-6-12-20/h1-6,9-12,21-22H,7-8,13-18H2. The van der Waals surface area contributed by atoms with Gasteiger partial charge in [0, 0.05) is 22.5 Å². The van der Waals surface area contributed by atoms with Crippen molar-refractivity contribution < 1.29 is 14.8 Å². The molecular formula is C22H28Br2O3. The molecule has 3 nitrogen and oxygen atoms in total. The predicted molar refractivity (Wildman–Crippen MR) is 117 cm³/mol. The van der Waals surface area contributed by atoms with Crippen LogP contribution in [-0.4, -0.2) is 23.9 Å². The molecule has 0 aliphatic rings. The fourth-order valence-corrected chi connectivity index (χ4v) is 3.69. The molecule has 2 unspecified atom stereocenters. The monoisotopic (exact) mass is 498 g/mol. The van der Waals surface area contributed by atoms with Crippen molar-refractivity contribution >= 4 is 31.9 Å². The smallest absolute Gasteiger partial charge is 0.0922 e. The van der Waals surface area contributed by atoms with Crippen LogP contribution in [0.25, 0.3) is 0 Å². The molecule has 148 valence electrons. The van der Waals surface area contributed by atoms with Crippen LogP contribution in [0.1, 0.15) is 48.6 Å². The highest BCUT2D eigenvalue weighted by Crippen LogP contribution is 2.24. The molecule has 2 rings (SSSR count). The molecule has 0 saturated carbocycles. The Morgan fingerprint density at radius 1 is 0.630 bits per heavy atom. The van der Waals surface area contributed by atoms with Crippen LogP contribution in [0, 0.1) is 0 Å². The highest BCUT2D eigenvalue weighted by atomic mass is 79.9. The summed E-state index contributed by atoms with van der Waals surface area (Å²) in [5.41, 5.74) is 2.53. The zero-order chi connectivity index (χ0) is 19.2. The maximum atomic E-state index is 5.39. The fraction of sp³-hybridized carbons (Fsp3) is 0.455. The summed E-state index contributed by atoms with van der Waals surface area (Å²) in [7, 11) is 0. The van der Waals surface area contributed by atoms with Crippen molar-refractivity contribution in [1.29, 1.82) is 0 Å². The van der Waals surface area contributed by atoms with E-state index in [9.17, 15) is 0 Å². The summed E-state index contributed by atoms with van der Waals surface area (Å²) in [6, 6.07) is 20.8. The van der Waals surface area contributed by atoms with Gasteiger partial charge >= 0.3 is 0 Å². The van der Waals surface area contributed by atoms with Gasteiger partial charge in [0.2, 0.25) is 0 Å². The Kier molecular flexibility index (Phi) is 12.0. The Hall–Kier alpha value is -0.720. The molecule has 0 amide bonds. The predicted octanol–water partition coefficient (Wildman–Crippen LogP) is 6.78. The van der Waals surface area contributed by atoms with Gasteiger partial charge in [-0.15, -0.1) is 0 Å². The number of alkyl halides is 2. The maximum Gasteiger partial charge on any atom is 0.0922 e. The molecule has 2 aromatic carbocycles. The van der Waals surface area contributed by atoms with E-state index in [2.05, 4.69) is 80.4 Å². The van der Waals surface area contributed by atoms with Crippen LogP contribution >= 0.6 is 31.9 Å². The van der Waals surface area contributed by atoms with Crippen molar-refractivity contribution in [3.05, 3.63) is 71.8 Å². The average Bonchev–Trinajstić information content (AvgIpc) is 2.73. The van der Waals surface area contributed by atoms with Crippen molar-refractivity contribution in [1.82, 2.24) is 0 Å². The molecule has 0 aromatic heterocycles. The molecule has 0 heterocycles. The molecule has 2 atom stereocenters. The SMILES string of the molecule is BrCCCC(COOOCC(CCCBr)c1ccccc1)c1ccccc1. The minimum atomic E-state index is 0.297. The summed E-state index contributed by atoms with van der Waals surface area (Å²) >= 11 is 7.00. The van der Waals surface area contributed by atoms with Gasteiger partial charge in [0.15, 0.2) is 0 Å². The van der Waals surface area contributed by atoms with Crippen LogP contribution < -0.4 is 0 Å². The fourth-order valence-electron chi connectivity index (χ4n) is 3.04. The van der Waals surface area contributed by atoms with Gasteiger partial charge in [-0.1, -0.05) is 97.6 Å². The van der Waals surface area contributed by atoms with Crippen molar-refractivity contribution in [2.45, 2.75) is 37.5 Å². The van der Waals surface area contributed by atoms with Crippen LogP contribution in [0.2, 0.25) is 0 Å². The highest BCUT2D eigenvalue weighted by molar-refractivity contribution is 9.09.